The molecule has 31 heavy (non-hydrogen) atoms. The van der Waals surface area contributed by atoms with Crippen molar-refractivity contribution in [3.63, 3.8) is 0 Å². The highest BCUT2D eigenvalue weighted by Crippen LogP contribution is 2.26. The first-order valence-electron chi connectivity index (χ1n) is 11.2. The monoisotopic (exact) mass is 440 g/mol. The Labute approximate surface area is 185 Å². The van der Waals surface area contributed by atoms with Gasteiger partial charge in [0, 0.05) is 25.7 Å². The molecule has 1 unspecified atom stereocenters. The van der Waals surface area contributed by atoms with Gasteiger partial charge in [0.2, 0.25) is 10.0 Å². The molecule has 0 bridgehead atoms. The van der Waals surface area contributed by atoms with Crippen LogP contribution in [-0.2, 0) is 23.1 Å². The summed E-state index contributed by atoms with van der Waals surface area (Å²) in [6, 6.07) is 16.1. The highest BCUT2D eigenvalue weighted by Gasteiger charge is 2.27. The maximum absolute atomic E-state index is 13.1. The number of imidazole rings is 1. The molecule has 0 aliphatic carbocycles. The van der Waals surface area contributed by atoms with Crippen molar-refractivity contribution in [2.75, 3.05) is 20.1 Å². The molecule has 0 radical (unpaired) electrons. The average Bonchev–Trinajstić information content (AvgIpc) is 3.15. The Morgan fingerprint density at radius 3 is 2.45 bits per heavy atom. The van der Waals surface area contributed by atoms with E-state index in [1.54, 1.807) is 16.4 Å². The zero-order valence-corrected chi connectivity index (χ0v) is 19.5. The molecule has 166 valence electrons. The van der Waals surface area contributed by atoms with Crippen LogP contribution in [0.15, 0.2) is 53.4 Å². The van der Waals surface area contributed by atoms with E-state index in [0.29, 0.717) is 24.5 Å². The molecule has 1 aromatic heterocycles. The SMILES string of the molecule is CCn1c(CN(C)C(C)c2ccccc2)nc2cc(S(=O)(=O)N3CCCCC3)ccc21. The van der Waals surface area contributed by atoms with Gasteiger partial charge in [0.15, 0.2) is 0 Å². The summed E-state index contributed by atoms with van der Waals surface area (Å²) in [5.41, 5.74) is 2.99. The Balaban J connectivity index is 1.63. The molecule has 1 aliphatic heterocycles. The second-order valence-corrected chi connectivity index (χ2v) is 10.3. The Kier molecular flexibility index (Phi) is 6.46. The van der Waals surface area contributed by atoms with E-state index >= 15 is 0 Å². The lowest BCUT2D eigenvalue weighted by atomic mass is 10.1. The van der Waals surface area contributed by atoms with E-state index in [1.165, 1.54) is 5.56 Å². The molecule has 0 N–H and O–H groups in total. The molecule has 1 aliphatic rings. The van der Waals surface area contributed by atoms with Gasteiger partial charge >= 0.3 is 0 Å². The Morgan fingerprint density at radius 1 is 1.06 bits per heavy atom. The number of fused-ring (bicyclic) bond motifs is 1. The van der Waals surface area contributed by atoms with E-state index in [2.05, 4.69) is 54.6 Å². The second kappa shape index (κ2) is 9.10. The standard InChI is InChI=1S/C24H32N4O2S/c1-4-28-23-14-13-21(31(29,30)27-15-9-6-10-16-27)17-22(23)25-24(28)18-26(3)19(2)20-11-7-5-8-12-20/h5,7-8,11-14,17,19H,4,6,9-10,15-16,18H2,1-3H3. The van der Waals surface area contributed by atoms with E-state index in [-0.39, 0.29) is 6.04 Å². The summed E-state index contributed by atoms with van der Waals surface area (Å²) in [4.78, 5) is 7.48. The van der Waals surface area contributed by atoms with Crippen molar-refractivity contribution in [3.05, 3.63) is 59.9 Å². The van der Waals surface area contributed by atoms with Gasteiger partial charge in [0.25, 0.3) is 0 Å². The third-order valence-electron chi connectivity index (χ3n) is 6.40. The van der Waals surface area contributed by atoms with Crippen molar-refractivity contribution in [1.82, 2.24) is 18.8 Å². The maximum atomic E-state index is 13.1. The molecule has 4 rings (SSSR count). The number of rotatable bonds is 7. The van der Waals surface area contributed by atoms with Crippen LogP contribution in [-0.4, -0.2) is 47.3 Å². The first kappa shape index (κ1) is 22.0. The van der Waals surface area contributed by atoms with Crippen LogP contribution in [0.1, 0.15) is 50.5 Å². The molecular weight excluding hydrogens is 408 g/mol. The summed E-state index contributed by atoms with van der Waals surface area (Å²) in [5.74, 6) is 0.954. The zero-order chi connectivity index (χ0) is 22.0. The quantitative estimate of drug-likeness (QED) is 0.546. The molecule has 7 heteroatoms. The van der Waals surface area contributed by atoms with Crippen LogP contribution in [0.2, 0.25) is 0 Å². The Bertz CT molecular complexity index is 1140. The van der Waals surface area contributed by atoms with Crippen molar-refractivity contribution >= 4 is 21.1 Å². The first-order chi connectivity index (χ1) is 14.9. The summed E-state index contributed by atoms with van der Waals surface area (Å²) in [6.07, 6.45) is 2.97. The lowest BCUT2D eigenvalue weighted by Crippen LogP contribution is -2.35. The van der Waals surface area contributed by atoms with Crippen LogP contribution in [0, 0.1) is 0 Å². The molecule has 1 fully saturated rings. The van der Waals surface area contributed by atoms with E-state index < -0.39 is 10.0 Å². The largest absolute Gasteiger partial charge is 0.327 e. The molecule has 0 spiro atoms. The van der Waals surface area contributed by atoms with Gasteiger partial charge in [-0.05, 0) is 57.5 Å². The van der Waals surface area contributed by atoms with E-state index in [1.807, 2.05) is 12.1 Å². The number of hydrogen-bond acceptors (Lipinski definition) is 4. The third-order valence-corrected chi connectivity index (χ3v) is 8.30. The third kappa shape index (κ3) is 4.40. The van der Waals surface area contributed by atoms with Crippen LogP contribution in [0.3, 0.4) is 0 Å². The van der Waals surface area contributed by atoms with E-state index in [9.17, 15) is 8.42 Å². The topological polar surface area (TPSA) is 58.4 Å². The first-order valence-corrected chi connectivity index (χ1v) is 12.6. The van der Waals surface area contributed by atoms with Crippen molar-refractivity contribution < 1.29 is 8.42 Å². The number of aromatic nitrogens is 2. The van der Waals surface area contributed by atoms with Gasteiger partial charge in [0.05, 0.1) is 22.5 Å². The summed E-state index contributed by atoms with van der Waals surface area (Å²) in [6.45, 7) is 6.99. The van der Waals surface area contributed by atoms with Gasteiger partial charge in [-0.3, -0.25) is 4.90 Å². The van der Waals surface area contributed by atoms with E-state index in [0.717, 1.165) is 42.7 Å². The number of benzene rings is 2. The normalized spacial score (nSPS) is 16.8. The minimum absolute atomic E-state index is 0.251. The molecule has 6 nitrogen and oxygen atoms in total. The molecule has 0 saturated carbocycles. The maximum Gasteiger partial charge on any atom is 0.243 e. The summed E-state index contributed by atoms with van der Waals surface area (Å²) in [7, 11) is -1.36. The number of piperidine rings is 1. The predicted molar refractivity (Wildman–Crippen MR) is 124 cm³/mol. The average molecular weight is 441 g/mol. The zero-order valence-electron chi connectivity index (χ0n) is 18.7. The van der Waals surface area contributed by atoms with Gasteiger partial charge in [-0.2, -0.15) is 4.31 Å². The summed E-state index contributed by atoms with van der Waals surface area (Å²) >= 11 is 0. The number of aryl methyl sites for hydroxylation is 1. The fraction of sp³-hybridized carbons (Fsp3) is 0.458. The van der Waals surface area contributed by atoms with Crippen LogP contribution in [0.5, 0.6) is 0 Å². The van der Waals surface area contributed by atoms with Gasteiger partial charge < -0.3 is 4.57 Å². The number of sulfonamides is 1. The van der Waals surface area contributed by atoms with Crippen molar-refractivity contribution in [2.45, 2.75) is 57.1 Å². The van der Waals surface area contributed by atoms with Gasteiger partial charge in [-0.1, -0.05) is 36.8 Å². The van der Waals surface area contributed by atoms with Crippen LogP contribution >= 0.6 is 0 Å². The predicted octanol–water partition coefficient (Wildman–Crippen LogP) is 4.42. The molecular formula is C24H32N4O2S. The fourth-order valence-corrected chi connectivity index (χ4v) is 5.93. The second-order valence-electron chi connectivity index (χ2n) is 8.39. The van der Waals surface area contributed by atoms with E-state index in [4.69, 9.17) is 4.98 Å². The highest BCUT2D eigenvalue weighted by atomic mass is 32.2. The lowest BCUT2D eigenvalue weighted by Gasteiger charge is -2.25. The molecule has 3 aromatic rings. The smallest absolute Gasteiger partial charge is 0.243 e. The van der Waals surface area contributed by atoms with Gasteiger partial charge in [-0.25, -0.2) is 13.4 Å². The summed E-state index contributed by atoms with van der Waals surface area (Å²) in [5, 5.41) is 0. The van der Waals surface area contributed by atoms with Crippen molar-refractivity contribution in [1.29, 1.82) is 0 Å². The minimum atomic E-state index is -3.46. The molecule has 1 saturated heterocycles. The van der Waals surface area contributed by atoms with Crippen LogP contribution in [0.25, 0.3) is 11.0 Å². The molecule has 1 atom stereocenters. The summed E-state index contributed by atoms with van der Waals surface area (Å²) < 4.78 is 30.0. The van der Waals surface area contributed by atoms with Gasteiger partial charge in [0.1, 0.15) is 5.82 Å². The molecule has 2 aromatic carbocycles. The Hall–Kier alpha value is -2.22. The fourth-order valence-electron chi connectivity index (χ4n) is 4.39. The lowest BCUT2D eigenvalue weighted by molar-refractivity contribution is 0.244. The number of nitrogens with zero attached hydrogens (tertiary/aromatic N) is 4. The van der Waals surface area contributed by atoms with Crippen molar-refractivity contribution in [2.24, 2.45) is 0 Å². The van der Waals surface area contributed by atoms with Crippen LogP contribution in [0.4, 0.5) is 0 Å². The van der Waals surface area contributed by atoms with Crippen molar-refractivity contribution in [3.8, 4) is 0 Å². The minimum Gasteiger partial charge on any atom is -0.327 e. The number of hydrogen-bond donors (Lipinski definition) is 0. The van der Waals surface area contributed by atoms with Crippen LogP contribution < -0.4 is 0 Å². The molecule has 2 heterocycles. The van der Waals surface area contributed by atoms with Gasteiger partial charge in [-0.15, -0.1) is 0 Å². The Morgan fingerprint density at radius 2 is 1.77 bits per heavy atom. The molecule has 0 amide bonds. The highest BCUT2D eigenvalue weighted by molar-refractivity contribution is 7.89.